The van der Waals surface area contributed by atoms with Crippen molar-refractivity contribution in [2.24, 2.45) is 4.99 Å². The van der Waals surface area contributed by atoms with Crippen LogP contribution in [0.2, 0.25) is 0 Å². The average Bonchev–Trinajstić information content (AvgIpc) is 3.29. The monoisotopic (exact) mass is 371 g/mol. The maximum absolute atomic E-state index is 10.9. The van der Waals surface area contributed by atoms with Crippen LogP contribution >= 0.6 is 11.3 Å². The summed E-state index contributed by atoms with van der Waals surface area (Å²) in [6.07, 6.45) is 7.87. The molecule has 1 N–H and O–H groups in total. The molecule has 0 saturated heterocycles. The van der Waals surface area contributed by atoms with Crippen LogP contribution in [0, 0.1) is 10.1 Å². The van der Waals surface area contributed by atoms with E-state index in [0.29, 0.717) is 28.2 Å². The molecule has 0 aliphatic heterocycles. The van der Waals surface area contributed by atoms with E-state index >= 15 is 0 Å². The van der Waals surface area contributed by atoms with Gasteiger partial charge in [-0.25, -0.2) is 4.99 Å². The van der Waals surface area contributed by atoms with Crippen LogP contribution in [-0.2, 0) is 0 Å². The van der Waals surface area contributed by atoms with Crippen LogP contribution < -0.4 is 5.32 Å². The van der Waals surface area contributed by atoms with Crippen molar-refractivity contribution in [1.29, 1.82) is 0 Å². The average molecular weight is 371 g/mol. The van der Waals surface area contributed by atoms with Crippen LogP contribution in [0.15, 0.2) is 29.3 Å². The van der Waals surface area contributed by atoms with Gasteiger partial charge in [-0.05, 0) is 31.0 Å². The Balaban J connectivity index is 1.56. The number of thiophene rings is 1. The van der Waals surface area contributed by atoms with Crippen molar-refractivity contribution in [3.8, 4) is 10.7 Å². The zero-order chi connectivity index (χ0) is 17.9. The van der Waals surface area contributed by atoms with E-state index in [2.05, 4.69) is 25.6 Å². The molecular formula is C16H17N7O2S. The van der Waals surface area contributed by atoms with E-state index in [0.717, 1.165) is 11.3 Å². The lowest BCUT2D eigenvalue weighted by Crippen LogP contribution is -2.29. The SMILES string of the molecule is O=[N+]([O-])c1ccc(-c2nnc3ccc(N=CNC4CCCCC4)nn23)s1. The van der Waals surface area contributed by atoms with Crippen LogP contribution in [-0.4, -0.2) is 37.1 Å². The fraction of sp³-hybridized carbons (Fsp3) is 0.375. The number of nitrogens with zero attached hydrogens (tertiary/aromatic N) is 6. The van der Waals surface area contributed by atoms with E-state index in [4.69, 9.17) is 0 Å². The Morgan fingerprint density at radius 3 is 2.85 bits per heavy atom. The van der Waals surface area contributed by atoms with Gasteiger partial charge in [0.15, 0.2) is 17.3 Å². The number of aliphatic imine (C=N–C) groups is 1. The second-order valence-corrected chi connectivity index (χ2v) is 7.20. The highest BCUT2D eigenvalue weighted by Gasteiger charge is 2.16. The van der Waals surface area contributed by atoms with Gasteiger partial charge >= 0.3 is 5.00 Å². The van der Waals surface area contributed by atoms with E-state index in [-0.39, 0.29) is 5.00 Å². The first-order chi connectivity index (χ1) is 12.7. The molecule has 3 heterocycles. The summed E-state index contributed by atoms with van der Waals surface area (Å²) in [5.41, 5.74) is 0.565. The van der Waals surface area contributed by atoms with Gasteiger partial charge in [0.2, 0.25) is 0 Å². The first-order valence-electron chi connectivity index (χ1n) is 8.46. The molecule has 0 spiro atoms. The third-order valence-electron chi connectivity index (χ3n) is 4.35. The lowest BCUT2D eigenvalue weighted by Gasteiger charge is -2.21. The number of hydrogen-bond acceptors (Lipinski definition) is 7. The number of aromatic nitrogens is 4. The van der Waals surface area contributed by atoms with Gasteiger partial charge in [-0.15, -0.1) is 15.3 Å². The minimum Gasteiger partial charge on any atom is -0.373 e. The van der Waals surface area contributed by atoms with E-state index in [1.807, 2.05) is 0 Å². The van der Waals surface area contributed by atoms with Gasteiger partial charge < -0.3 is 5.32 Å². The second kappa shape index (κ2) is 7.16. The highest BCUT2D eigenvalue weighted by atomic mass is 32.1. The molecule has 1 fully saturated rings. The van der Waals surface area contributed by atoms with Gasteiger partial charge in [-0.1, -0.05) is 30.6 Å². The molecule has 1 aliphatic carbocycles. The predicted octanol–water partition coefficient (Wildman–Crippen LogP) is 3.34. The summed E-state index contributed by atoms with van der Waals surface area (Å²) < 4.78 is 1.56. The second-order valence-electron chi connectivity index (χ2n) is 6.14. The maximum Gasteiger partial charge on any atom is 0.324 e. The molecule has 0 bridgehead atoms. The zero-order valence-electron chi connectivity index (χ0n) is 13.9. The molecule has 0 aromatic carbocycles. The molecule has 26 heavy (non-hydrogen) atoms. The van der Waals surface area contributed by atoms with Crippen LogP contribution in [0.25, 0.3) is 16.3 Å². The van der Waals surface area contributed by atoms with E-state index < -0.39 is 4.92 Å². The van der Waals surface area contributed by atoms with Crippen LogP contribution in [0.4, 0.5) is 10.8 Å². The van der Waals surface area contributed by atoms with Crippen molar-refractivity contribution in [3.63, 3.8) is 0 Å². The Kier molecular flexibility index (Phi) is 4.57. The number of nitrogens with one attached hydrogen (secondary N) is 1. The molecule has 0 atom stereocenters. The summed E-state index contributed by atoms with van der Waals surface area (Å²) in [5, 5.41) is 26.9. The molecule has 134 valence electrons. The number of hydrogen-bond donors (Lipinski definition) is 1. The third-order valence-corrected chi connectivity index (χ3v) is 5.39. The Hall–Kier alpha value is -2.88. The maximum atomic E-state index is 10.9. The Morgan fingerprint density at radius 1 is 1.23 bits per heavy atom. The molecule has 1 saturated carbocycles. The van der Waals surface area contributed by atoms with Crippen molar-refractivity contribution in [1.82, 2.24) is 25.1 Å². The van der Waals surface area contributed by atoms with E-state index in [9.17, 15) is 10.1 Å². The van der Waals surface area contributed by atoms with Crippen LogP contribution in [0.5, 0.6) is 0 Å². The molecule has 9 nitrogen and oxygen atoms in total. The summed E-state index contributed by atoms with van der Waals surface area (Å²) in [6, 6.07) is 7.13. The Bertz CT molecular complexity index is 959. The lowest BCUT2D eigenvalue weighted by molar-refractivity contribution is -0.380. The summed E-state index contributed by atoms with van der Waals surface area (Å²) in [5.74, 6) is 0.989. The Morgan fingerprint density at radius 2 is 2.08 bits per heavy atom. The summed E-state index contributed by atoms with van der Waals surface area (Å²) in [4.78, 5) is 15.5. The number of fused-ring (bicyclic) bond motifs is 1. The lowest BCUT2D eigenvalue weighted by atomic mass is 9.96. The van der Waals surface area contributed by atoms with Crippen LogP contribution in [0.1, 0.15) is 32.1 Å². The molecule has 3 aromatic rings. The van der Waals surface area contributed by atoms with Crippen molar-refractivity contribution in [3.05, 3.63) is 34.4 Å². The van der Waals surface area contributed by atoms with Gasteiger partial charge in [0.1, 0.15) is 0 Å². The third kappa shape index (κ3) is 3.40. The molecule has 0 radical (unpaired) electrons. The fourth-order valence-corrected chi connectivity index (χ4v) is 3.82. The molecule has 1 aliphatic rings. The quantitative estimate of drug-likeness (QED) is 0.319. The van der Waals surface area contributed by atoms with Gasteiger partial charge in [0.25, 0.3) is 0 Å². The predicted molar refractivity (Wildman–Crippen MR) is 98.9 cm³/mol. The number of nitro groups is 1. The molecule has 0 amide bonds. The van der Waals surface area contributed by atoms with Crippen molar-refractivity contribution in [2.45, 2.75) is 38.1 Å². The molecular weight excluding hydrogens is 354 g/mol. The van der Waals surface area contributed by atoms with Crippen molar-refractivity contribution in [2.75, 3.05) is 0 Å². The van der Waals surface area contributed by atoms with Gasteiger partial charge in [0, 0.05) is 12.1 Å². The molecule has 0 unspecified atom stereocenters. The van der Waals surface area contributed by atoms with Crippen molar-refractivity contribution >= 4 is 34.1 Å². The van der Waals surface area contributed by atoms with Gasteiger partial charge in [0.05, 0.1) is 16.1 Å². The normalized spacial score (nSPS) is 15.7. The first-order valence-corrected chi connectivity index (χ1v) is 9.28. The first kappa shape index (κ1) is 16.6. The topological polar surface area (TPSA) is 111 Å². The minimum atomic E-state index is -0.419. The zero-order valence-corrected chi connectivity index (χ0v) is 14.7. The minimum absolute atomic E-state index is 0.0580. The summed E-state index contributed by atoms with van der Waals surface area (Å²) in [6.45, 7) is 0. The smallest absolute Gasteiger partial charge is 0.324 e. The largest absolute Gasteiger partial charge is 0.373 e. The highest BCUT2D eigenvalue weighted by molar-refractivity contribution is 7.18. The van der Waals surface area contributed by atoms with E-state index in [1.54, 1.807) is 29.1 Å². The van der Waals surface area contributed by atoms with Crippen LogP contribution in [0.3, 0.4) is 0 Å². The summed E-state index contributed by atoms with van der Waals surface area (Å²) >= 11 is 1.04. The molecule has 4 rings (SSSR count). The van der Waals surface area contributed by atoms with Crippen molar-refractivity contribution < 1.29 is 4.92 Å². The van der Waals surface area contributed by atoms with Gasteiger partial charge in [-0.3, -0.25) is 10.1 Å². The standard InChI is InChI=1S/C16H17N7O2S/c24-23(25)15-9-6-12(26-15)16-20-19-14-8-7-13(21-22(14)16)18-10-17-11-4-2-1-3-5-11/h6-11H,1-5H2,(H,17,18,21). The number of rotatable bonds is 5. The summed E-state index contributed by atoms with van der Waals surface area (Å²) in [7, 11) is 0. The molecule has 10 heteroatoms. The van der Waals surface area contributed by atoms with E-state index in [1.165, 1.54) is 38.2 Å². The fourth-order valence-electron chi connectivity index (χ4n) is 3.03. The molecule has 3 aromatic heterocycles. The van der Waals surface area contributed by atoms with Gasteiger partial charge in [-0.2, -0.15) is 4.52 Å². The Labute approximate surface area is 152 Å². The highest BCUT2D eigenvalue weighted by Crippen LogP contribution is 2.31.